The molecular formula is C21H45AlO3. The largest absolute Gasteiger partial charge is 0.906 e. The highest BCUT2D eigenvalue weighted by Gasteiger charge is 2.42. The molecule has 0 aliphatic carbocycles. The van der Waals surface area contributed by atoms with Crippen molar-refractivity contribution >= 4 is 15.1 Å². The Morgan fingerprint density at radius 3 is 0.640 bits per heavy atom. The van der Waals surface area contributed by atoms with E-state index in [2.05, 4.69) is 83.1 Å². The van der Waals surface area contributed by atoms with Crippen molar-refractivity contribution in [2.45, 2.75) is 101 Å². The minimum Gasteiger partial charge on any atom is -0.451 e. The Morgan fingerprint density at radius 1 is 0.360 bits per heavy atom. The first kappa shape index (κ1) is 25.4. The fraction of sp³-hybridized carbons (Fsp3) is 1.00. The fourth-order valence-electron chi connectivity index (χ4n) is 3.73. The number of rotatable bonds is 12. The molecule has 150 valence electrons. The van der Waals surface area contributed by atoms with Gasteiger partial charge in [0, 0.05) is 18.3 Å². The van der Waals surface area contributed by atoms with Crippen LogP contribution in [0.5, 0.6) is 0 Å². The van der Waals surface area contributed by atoms with Crippen LogP contribution in [0.15, 0.2) is 0 Å². The highest BCUT2D eigenvalue weighted by atomic mass is 27.3. The molecule has 25 heavy (non-hydrogen) atoms. The molecule has 0 aromatic heterocycles. The SMILES string of the molecule is CC(C)C([O][Al]([O]C(C(C)C)C(C)C)[O]C(C(C)C)C(C)C)C(C)C. The molecule has 0 saturated carbocycles. The number of hydrogen-bond acceptors (Lipinski definition) is 3. The van der Waals surface area contributed by atoms with E-state index < -0.39 is 15.1 Å². The molecule has 0 amide bonds. The topological polar surface area (TPSA) is 27.7 Å². The Labute approximate surface area is 163 Å². The Kier molecular flexibility index (Phi) is 12.2. The average molecular weight is 373 g/mol. The first-order valence-electron chi connectivity index (χ1n) is 10.3. The summed E-state index contributed by atoms with van der Waals surface area (Å²) >= 11 is -2.24. The third-order valence-electron chi connectivity index (χ3n) is 4.75. The molecule has 0 heterocycles. The molecule has 3 nitrogen and oxygen atoms in total. The van der Waals surface area contributed by atoms with Crippen LogP contribution in [0.25, 0.3) is 0 Å². The highest BCUT2D eigenvalue weighted by Crippen LogP contribution is 2.25. The van der Waals surface area contributed by atoms with E-state index in [4.69, 9.17) is 11.4 Å². The summed E-state index contributed by atoms with van der Waals surface area (Å²) in [6.07, 6.45) is 0.532. The van der Waals surface area contributed by atoms with Gasteiger partial charge in [-0.25, -0.2) is 0 Å². The standard InChI is InChI=1S/3C7H15O.Al/c3*1-5(2)7(8)6(3)4;/h3*5-7H,1-4H3;/q3*-1;+3. The summed E-state index contributed by atoms with van der Waals surface area (Å²) < 4.78 is 19.6. The summed E-state index contributed by atoms with van der Waals surface area (Å²) in [6.45, 7) is 26.7. The van der Waals surface area contributed by atoms with Crippen LogP contribution in [0.3, 0.4) is 0 Å². The molecule has 0 aliphatic rings. The third-order valence-corrected chi connectivity index (χ3v) is 6.36. The molecule has 0 aromatic carbocycles. The van der Waals surface area contributed by atoms with Crippen molar-refractivity contribution in [1.82, 2.24) is 0 Å². The second-order valence-electron chi connectivity index (χ2n) is 9.55. The van der Waals surface area contributed by atoms with Gasteiger partial charge >= 0.3 is 15.1 Å². The Hall–Kier alpha value is 0.412. The number of hydrogen-bond donors (Lipinski definition) is 0. The quantitative estimate of drug-likeness (QED) is 0.390. The van der Waals surface area contributed by atoms with Gasteiger partial charge in [-0.3, -0.25) is 0 Å². The molecule has 0 saturated heterocycles. The van der Waals surface area contributed by atoms with E-state index in [-0.39, 0.29) is 18.3 Å². The van der Waals surface area contributed by atoms with Crippen LogP contribution in [0.2, 0.25) is 0 Å². The first-order chi connectivity index (χ1) is 11.4. The second kappa shape index (κ2) is 12.0. The molecule has 0 rings (SSSR count). The van der Waals surface area contributed by atoms with Crippen molar-refractivity contribution in [3.8, 4) is 0 Å². The van der Waals surface area contributed by atoms with Crippen molar-refractivity contribution < 1.29 is 11.4 Å². The van der Waals surface area contributed by atoms with Gasteiger partial charge < -0.3 is 11.4 Å². The van der Waals surface area contributed by atoms with E-state index >= 15 is 0 Å². The van der Waals surface area contributed by atoms with Crippen molar-refractivity contribution in [3.63, 3.8) is 0 Å². The summed E-state index contributed by atoms with van der Waals surface area (Å²) in [7, 11) is 0. The van der Waals surface area contributed by atoms with Crippen LogP contribution in [-0.4, -0.2) is 33.5 Å². The minimum absolute atomic E-state index is 0.177. The van der Waals surface area contributed by atoms with Crippen LogP contribution in [0.1, 0.15) is 83.1 Å². The van der Waals surface area contributed by atoms with E-state index in [1.165, 1.54) is 0 Å². The van der Waals surface area contributed by atoms with Gasteiger partial charge in [0.25, 0.3) is 0 Å². The summed E-state index contributed by atoms with van der Waals surface area (Å²) in [4.78, 5) is 0. The van der Waals surface area contributed by atoms with E-state index in [0.717, 1.165) is 0 Å². The molecule has 0 spiro atoms. The van der Waals surface area contributed by atoms with Crippen molar-refractivity contribution in [2.24, 2.45) is 35.5 Å². The van der Waals surface area contributed by atoms with Crippen LogP contribution in [0, 0.1) is 35.5 Å². The molecule has 0 atom stereocenters. The lowest BCUT2D eigenvalue weighted by Gasteiger charge is -2.35. The van der Waals surface area contributed by atoms with E-state index in [1.807, 2.05) is 0 Å². The molecule has 0 radical (unpaired) electrons. The lowest BCUT2D eigenvalue weighted by Crippen LogP contribution is -2.45. The van der Waals surface area contributed by atoms with Gasteiger partial charge in [0.15, 0.2) is 0 Å². The average Bonchev–Trinajstić information content (AvgIpc) is 2.43. The molecule has 0 aliphatic heterocycles. The van der Waals surface area contributed by atoms with Gasteiger partial charge in [-0.05, 0) is 35.5 Å². The zero-order valence-electron chi connectivity index (χ0n) is 19.0. The molecular weight excluding hydrogens is 327 g/mol. The van der Waals surface area contributed by atoms with Gasteiger partial charge in [-0.2, -0.15) is 0 Å². The van der Waals surface area contributed by atoms with Crippen LogP contribution in [0.4, 0.5) is 0 Å². The second-order valence-corrected chi connectivity index (χ2v) is 10.9. The Bertz CT molecular complexity index is 264. The smallest absolute Gasteiger partial charge is 0.451 e. The third kappa shape index (κ3) is 9.25. The van der Waals surface area contributed by atoms with Gasteiger partial charge in [-0.15, -0.1) is 0 Å². The van der Waals surface area contributed by atoms with Crippen LogP contribution in [-0.2, 0) is 11.4 Å². The zero-order valence-corrected chi connectivity index (χ0v) is 20.2. The van der Waals surface area contributed by atoms with E-state index in [9.17, 15) is 0 Å². The van der Waals surface area contributed by atoms with E-state index in [1.54, 1.807) is 0 Å². The van der Waals surface area contributed by atoms with Gasteiger partial charge in [-0.1, -0.05) is 83.1 Å². The van der Waals surface area contributed by atoms with Crippen LogP contribution >= 0.6 is 0 Å². The maximum Gasteiger partial charge on any atom is 0.906 e. The van der Waals surface area contributed by atoms with Crippen molar-refractivity contribution in [1.29, 1.82) is 0 Å². The molecule has 0 fully saturated rings. The normalized spacial score (nSPS) is 13.3. The molecule has 0 unspecified atom stereocenters. The fourth-order valence-corrected chi connectivity index (χ4v) is 6.58. The first-order valence-corrected chi connectivity index (χ1v) is 11.8. The van der Waals surface area contributed by atoms with Gasteiger partial charge in [0.05, 0.1) is 0 Å². The lowest BCUT2D eigenvalue weighted by atomic mass is 9.97. The Balaban J connectivity index is 5.40. The molecule has 0 N–H and O–H groups in total. The minimum atomic E-state index is -2.24. The monoisotopic (exact) mass is 372 g/mol. The van der Waals surface area contributed by atoms with Gasteiger partial charge in [0.2, 0.25) is 0 Å². The van der Waals surface area contributed by atoms with E-state index in [0.29, 0.717) is 35.5 Å². The lowest BCUT2D eigenvalue weighted by molar-refractivity contribution is -0.0517. The maximum absolute atomic E-state index is 6.53. The Morgan fingerprint density at radius 2 is 0.520 bits per heavy atom. The van der Waals surface area contributed by atoms with Crippen molar-refractivity contribution in [3.05, 3.63) is 0 Å². The predicted octanol–water partition coefficient (Wildman–Crippen LogP) is 6.06. The molecule has 4 heteroatoms. The summed E-state index contributed by atoms with van der Waals surface area (Å²) in [5, 5.41) is 0. The zero-order chi connectivity index (χ0) is 19.9. The molecule has 0 aromatic rings. The molecule has 0 bridgehead atoms. The predicted molar refractivity (Wildman–Crippen MR) is 109 cm³/mol. The summed E-state index contributed by atoms with van der Waals surface area (Å²) in [5.74, 6) is 2.72. The van der Waals surface area contributed by atoms with Gasteiger partial charge in [0.1, 0.15) is 0 Å². The highest BCUT2D eigenvalue weighted by molar-refractivity contribution is 6.36. The summed E-state index contributed by atoms with van der Waals surface area (Å²) in [6, 6.07) is 0. The summed E-state index contributed by atoms with van der Waals surface area (Å²) in [5.41, 5.74) is 0. The van der Waals surface area contributed by atoms with Crippen LogP contribution < -0.4 is 0 Å². The maximum atomic E-state index is 6.53. The van der Waals surface area contributed by atoms with Crippen molar-refractivity contribution in [2.75, 3.05) is 0 Å².